The van der Waals surface area contributed by atoms with Crippen molar-refractivity contribution in [2.45, 2.75) is 37.9 Å². The summed E-state index contributed by atoms with van der Waals surface area (Å²) in [6.07, 6.45) is 9.13. The Morgan fingerprint density at radius 2 is 2.24 bits per heavy atom. The normalized spacial score (nSPS) is 25.7. The second kappa shape index (κ2) is 6.31. The summed E-state index contributed by atoms with van der Waals surface area (Å²) in [5, 5.41) is 3.15. The number of hydrogen-bond donors (Lipinski definition) is 1. The molecule has 7 nitrogen and oxygen atoms in total. The van der Waals surface area contributed by atoms with Gasteiger partial charge in [-0.15, -0.1) is 0 Å². The van der Waals surface area contributed by atoms with Crippen LogP contribution in [0.3, 0.4) is 0 Å². The van der Waals surface area contributed by atoms with Crippen LogP contribution in [0.4, 0.5) is 0 Å². The van der Waals surface area contributed by atoms with E-state index in [9.17, 15) is 9.59 Å². The largest absolute Gasteiger partial charge is 0.351 e. The Kier molecular flexibility index (Phi) is 3.99. The number of pyridine rings is 1. The summed E-state index contributed by atoms with van der Waals surface area (Å²) in [6, 6.07) is 3.58. The molecule has 4 heterocycles. The molecular weight excluding hydrogens is 318 g/mol. The Labute approximate surface area is 146 Å². The number of fused-ring (bicyclic) bond motifs is 1. The van der Waals surface area contributed by atoms with Crippen LogP contribution in [0.1, 0.15) is 30.3 Å². The van der Waals surface area contributed by atoms with Crippen LogP contribution < -0.4 is 5.32 Å². The number of likely N-dealkylation sites (tertiary alicyclic amines) is 1. The van der Waals surface area contributed by atoms with Gasteiger partial charge in [0.15, 0.2) is 0 Å². The maximum atomic E-state index is 12.9. The zero-order chi connectivity index (χ0) is 17.4. The van der Waals surface area contributed by atoms with E-state index in [0.717, 1.165) is 30.8 Å². The van der Waals surface area contributed by atoms with Crippen molar-refractivity contribution >= 4 is 11.8 Å². The van der Waals surface area contributed by atoms with Crippen LogP contribution in [-0.4, -0.2) is 44.3 Å². The highest BCUT2D eigenvalue weighted by Gasteiger charge is 2.43. The first-order chi connectivity index (χ1) is 12.1. The van der Waals surface area contributed by atoms with Gasteiger partial charge >= 0.3 is 0 Å². The van der Waals surface area contributed by atoms with Crippen LogP contribution in [0.15, 0.2) is 36.9 Å². The van der Waals surface area contributed by atoms with Crippen molar-refractivity contribution in [1.29, 1.82) is 0 Å². The molecule has 0 aromatic carbocycles. The van der Waals surface area contributed by atoms with Gasteiger partial charge in [0.25, 0.3) is 0 Å². The van der Waals surface area contributed by atoms with Crippen molar-refractivity contribution in [3.8, 4) is 0 Å². The van der Waals surface area contributed by atoms with Crippen LogP contribution in [-0.2, 0) is 22.6 Å². The minimum absolute atomic E-state index is 0.00505. The van der Waals surface area contributed by atoms with Crippen LogP contribution in [0.5, 0.6) is 0 Å². The third-order valence-corrected chi connectivity index (χ3v) is 5.23. The standard InChI is InChI=1S/C18H21N5O2/c1-22-16(24)9-14(17(22)12-3-2-6-19-10-12)18(25)21-13-4-5-15-20-7-8-23(15)11-13/h2-3,6-8,10,13-14,17H,4-5,9,11H2,1H3,(H,21,25)/t13-,14+,17-/m1/s1. The fourth-order valence-corrected chi connectivity index (χ4v) is 3.90. The van der Waals surface area contributed by atoms with Crippen molar-refractivity contribution in [3.05, 3.63) is 48.3 Å². The molecule has 1 saturated heterocycles. The first kappa shape index (κ1) is 15.8. The number of nitrogens with zero attached hydrogens (tertiary/aromatic N) is 4. The Morgan fingerprint density at radius 1 is 1.36 bits per heavy atom. The number of hydrogen-bond acceptors (Lipinski definition) is 4. The van der Waals surface area contributed by atoms with E-state index in [-0.39, 0.29) is 36.2 Å². The Balaban J connectivity index is 1.50. The Morgan fingerprint density at radius 3 is 3.04 bits per heavy atom. The highest BCUT2D eigenvalue weighted by Crippen LogP contribution is 2.36. The Bertz CT molecular complexity index is 788. The summed E-state index contributed by atoms with van der Waals surface area (Å²) in [4.78, 5) is 35.2. The van der Waals surface area contributed by atoms with Crippen molar-refractivity contribution in [2.75, 3.05) is 7.05 Å². The van der Waals surface area contributed by atoms with Crippen LogP contribution in [0, 0.1) is 5.92 Å². The highest BCUT2D eigenvalue weighted by molar-refractivity contribution is 5.90. The fourth-order valence-electron chi connectivity index (χ4n) is 3.90. The zero-order valence-electron chi connectivity index (χ0n) is 14.1. The molecule has 2 aliphatic heterocycles. The van der Waals surface area contributed by atoms with E-state index < -0.39 is 0 Å². The smallest absolute Gasteiger partial charge is 0.226 e. The van der Waals surface area contributed by atoms with Gasteiger partial charge < -0.3 is 14.8 Å². The first-order valence-electron chi connectivity index (χ1n) is 8.59. The number of rotatable bonds is 3. The lowest BCUT2D eigenvalue weighted by atomic mass is 9.93. The van der Waals surface area contributed by atoms with Gasteiger partial charge in [0.1, 0.15) is 5.82 Å². The molecule has 0 aliphatic carbocycles. The van der Waals surface area contributed by atoms with Gasteiger partial charge in [-0.25, -0.2) is 4.98 Å². The molecule has 2 aromatic heterocycles. The maximum Gasteiger partial charge on any atom is 0.226 e. The predicted octanol–water partition coefficient (Wildman–Crippen LogP) is 0.929. The monoisotopic (exact) mass is 339 g/mol. The van der Waals surface area contributed by atoms with Crippen molar-refractivity contribution < 1.29 is 9.59 Å². The molecule has 1 fully saturated rings. The third-order valence-electron chi connectivity index (χ3n) is 5.23. The van der Waals surface area contributed by atoms with E-state index in [1.54, 1.807) is 30.5 Å². The topological polar surface area (TPSA) is 80.1 Å². The first-order valence-corrected chi connectivity index (χ1v) is 8.59. The molecule has 4 rings (SSSR count). The summed E-state index contributed by atoms with van der Waals surface area (Å²) in [7, 11) is 1.76. The highest BCUT2D eigenvalue weighted by atomic mass is 16.2. The number of aromatic nitrogens is 3. The van der Waals surface area contributed by atoms with E-state index in [2.05, 4.69) is 19.9 Å². The van der Waals surface area contributed by atoms with Crippen molar-refractivity contribution in [2.24, 2.45) is 5.92 Å². The summed E-state index contributed by atoms with van der Waals surface area (Å²) in [5.41, 5.74) is 0.900. The molecule has 2 aromatic rings. The maximum absolute atomic E-state index is 12.9. The second-order valence-corrected chi connectivity index (χ2v) is 6.79. The average Bonchev–Trinajstić information content (AvgIpc) is 3.20. The zero-order valence-corrected chi connectivity index (χ0v) is 14.1. The van der Waals surface area contributed by atoms with E-state index in [4.69, 9.17) is 0 Å². The number of amides is 2. The van der Waals surface area contributed by atoms with Gasteiger partial charge in [-0.1, -0.05) is 6.07 Å². The molecule has 130 valence electrons. The molecule has 0 saturated carbocycles. The molecule has 0 spiro atoms. The quantitative estimate of drug-likeness (QED) is 0.902. The lowest BCUT2D eigenvalue weighted by Crippen LogP contribution is -2.44. The summed E-state index contributed by atoms with van der Waals surface area (Å²) in [6.45, 7) is 0.731. The second-order valence-electron chi connectivity index (χ2n) is 6.79. The van der Waals surface area contributed by atoms with Gasteiger partial charge in [0, 0.05) is 57.3 Å². The van der Waals surface area contributed by atoms with Crippen LogP contribution >= 0.6 is 0 Å². The van der Waals surface area contributed by atoms with Gasteiger partial charge in [0.05, 0.1) is 12.0 Å². The number of imidazole rings is 1. The number of nitrogens with one attached hydrogen (secondary N) is 1. The predicted molar refractivity (Wildman–Crippen MR) is 90.3 cm³/mol. The SMILES string of the molecule is CN1C(=O)C[C@H](C(=O)N[C@@H]2CCc3nccn3C2)[C@H]1c1cccnc1. The molecule has 0 bridgehead atoms. The average molecular weight is 339 g/mol. The minimum Gasteiger partial charge on any atom is -0.351 e. The minimum atomic E-state index is -0.383. The van der Waals surface area contributed by atoms with Gasteiger partial charge in [0.2, 0.25) is 11.8 Å². The van der Waals surface area contributed by atoms with Gasteiger partial charge in [-0.2, -0.15) is 0 Å². The molecule has 3 atom stereocenters. The summed E-state index contributed by atoms with van der Waals surface area (Å²) in [5.74, 6) is 0.620. The summed E-state index contributed by atoms with van der Waals surface area (Å²) < 4.78 is 2.08. The Hall–Kier alpha value is -2.70. The van der Waals surface area contributed by atoms with E-state index in [1.165, 1.54) is 0 Å². The molecular formula is C18H21N5O2. The molecule has 1 N–H and O–H groups in total. The van der Waals surface area contributed by atoms with Gasteiger partial charge in [-0.05, 0) is 18.1 Å². The molecule has 25 heavy (non-hydrogen) atoms. The molecule has 2 aliphatic rings. The van der Waals surface area contributed by atoms with Crippen molar-refractivity contribution in [3.63, 3.8) is 0 Å². The molecule has 2 amide bonds. The van der Waals surface area contributed by atoms with E-state index >= 15 is 0 Å². The molecule has 0 unspecified atom stereocenters. The lowest BCUT2D eigenvalue weighted by molar-refractivity contribution is -0.128. The fraction of sp³-hybridized carbons (Fsp3) is 0.444. The molecule has 7 heteroatoms. The number of carbonyl (C=O) groups is 2. The molecule has 0 radical (unpaired) electrons. The van der Waals surface area contributed by atoms with Crippen LogP contribution in [0.25, 0.3) is 0 Å². The number of carbonyl (C=O) groups excluding carboxylic acids is 2. The van der Waals surface area contributed by atoms with E-state index in [1.807, 2.05) is 18.3 Å². The van der Waals surface area contributed by atoms with Crippen molar-refractivity contribution in [1.82, 2.24) is 24.8 Å². The van der Waals surface area contributed by atoms with Crippen LogP contribution in [0.2, 0.25) is 0 Å². The van der Waals surface area contributed by atoms with Gasteiger partial charge in [-0.3, -0.25) is 14.6 Å². The lowest BCUT2D eigenvalue weighted by Gasteiger charge is -2.28. The van der Waals surface area contributed by atoms with E-state index in [0.29, 0.717) is 0 Å². The third kappa shape index (κ3) is 2.90. The number of aryl methyl sites for hydroxylation is 1. The summed E-state index contributed by atoms with van der Waals surface area (Å²) >= 11 is 0.